The van der Waals surface area contributed by atoms with Crippen molar-refractivity contribution in [2.45, 2.75) is 25.9 Å². The number of rotatable bonds is 4. The van der Waals surface area contributed by atoms with E-state index in [1.165, 1.54) is 0 Å². The largest absolute Gasteiger partial charge is 0.496 e. The van der Waals surface area contributed by atoms with Crippen LogP contribution in [0.1, 0.15) is 17.5 Å². The summed E-state index contributed by atoms with van der Waals surface area (Å²) in [5, 5.41) is 18.0. The second-order valence-corrected chi connectivity index (χ2v) is 3.54. The zero-order valence-electron chi connectivity index (χ0n) is 9.03. The predicted octanol–water partition coefficient (Wildman–Crippen LogP) is 1.82. The first-order valence-electron chi connectivity index (χ1n) is 4.86. The van der Waals surface area contributed by atoms with Gasteiger partial charge in [-0.1, -0.05) is 17.7 Å². The Morgan fingerprint density at radius 3 is 2.87 bits per heavy atom. The fourth-order valence-electron chi connectivity index (χ4n) is 1.50. The van der Waals surface area contributed by atoms with Crippen LogP contribution in [-0.4, -0.2) is 18.3 Å². The van der Waals surface area contributed by atoms with Crippen LogP contribution in [0.5, 0.6) is 5.75 Å². The quantitative estimate of drug-likeness (QED) is 0.815. The molecular formula is C12H15NO2. The first kappa shape index (κ1) is 11.5. The lowest BCUT2D eigenvalue weighted by atomic mass is 10.0. The van der Waals surface area contributed by atoms with Gasteiger partial charge in [-0.2, -0.15) is 5.26 Å². The third kappa shape index (κ3) is 3.26. The highest BCUT2D eigenvalue weighted by Crippen LogP contribution is 2.21. The van der Waals surface area contributed by atoms with Gasteiger partial charge in [-0.3, -0.25) is 0 Å². The van der Waals surface area contributed by atoms with Crippen molar-refractivity contribution >= 4 is 0 Å². The van der Waals surface area contributed by atoms with Crippen molar-refractivity contribution in [1.82, 2.24) is 0 Å². The van der Waals surface area contributed by atoms with Gasteiger partial charge in [0.25, 0.3) is 0 Å². The Hall–Kier alpha value is -1.53. The summed E-state index contributed by atoms with van der Waals surface area (Å²) in [4.78, 5) is 0. The molecule has 0 aromatic heterocycles. The van der Waals surface area contributed by atoms with Crippen molar-refractivity contribution in [2.24, 2.45) is 0 Å². The Bertz CT molecular complexity index is 368. The molecule has 0 aliphatic carbocycles. The number of ether oxygens (including phenoxy) is 1. The van der Waals surface area contributed by atoms with Crippen LogP contribution in [0.4, 0.5) is 0 Å². The molecule has 0 spiro atoms. The Kier molecular flexibility index (Phi) is 4.14. The first-order chi connectivity index (χ1) is 7.17. The standard InChI is InChI=1S/C12H15NO2/c1-9-3-4-12(15-2)10(7-9)8-11(14)5-6-13/h3-4,7,11,14H,5,8H2,1-2H3. The van der Waals surface area contributed by atoms with E-state index in [-0.39, 0.29) is 6.42 Å². The molecule has 0 aliphatic rings. The van der Waals surface area contributed by atoms with E-state index in [0.717, 1.165) is 16.9 Å². The van der Waals surface area contributed by atoms with Crippen LogP contribution in [0.15, 0.2) is 18.2 Å². The minimum Gasteiger partial charge on any atom is -0.496 e. The predicted molar refractivity (Wildman–Crippen MR) is 57.7 cm³/mol. The van der Waals surface area contributed by atoms with E-state index in [1.807, 2.05) is 31.2 Å². The summed E-state index contributed by atoms with van der Waals surface area (Å²) in [6.45, 7) is 1.99. The Balaban J connectivity index is 2.83. The van der Waals surface area contributed by atoms with Gasteiger partial charge >= 0.3 is 0 Å². The van der Waals surface area contributed by atoms with Gasteiger partial charge in [-0.05, 0) is 18.6 Å². The number of hydrogen-bond donors (Lipinski definition) is 1. The number of aryl methyl sites for hydroxylation is 1. The SMILES string of the molecule is COc1ccc(C)cc1CC(O)CC#N. The fourth-order valence-corrected chi connectivity index (χ4v) is 1.50. The summed E-state index contributed by atoms with van der Waals surface area (Å²) >= 11 is 0. The Morgan fingerprint density at radius 1 is 1.53 bits per heavy atom. The highest BCUT2D eigenvalue weighted by molar-refractivity contribution is 5.37. The lowest BCUT2D eigenvalue weighted by Gasteiger charge is -2.11. The van der Waals surface area contributed by atoms with Crippen LogP contribution in [-0.2, 0) is 6.42 Å². The molecular weight excluding hydrogens is 190 g/mol. The van der Waals surface area contributed by atoms with Crippen LogP contribution in [0.25, 0.3) is 0 Å². The molecule has 1 aromatic rings. The van der Waals surface area contributed by atoms with E-state index in [9.17, 15) is 5.11 Å². The topological polar surface area (TPSA) is 53.2 Å². The van der Waals surface area contributed by atoms with Crippen LogP contribution < -0.4 is 4.74 Å². The maximum Gasteiger partial charge on any atom is 0.122 e. The van der Waals surface area contributed by atoms with Crippen LogP contribution >= 0.6 is 0 Å². The second kappa shape index (κ2) is 5.38. The van der Waals surface area contributed by atoms with Gasteiger partial charge in [-0.15, -0.1) is 0 Å². The van der Waals surface area contributed by atoms with Gasteiger partial charge in [0, 0.05) is 6.42 Å². The van der Waals surface area contributed by atoms with Crippen molar-refractivity contribution in [3.05, 3.63) is 29.3 Å². The first-order valence-corrected chi connectivity index (χ1v) is 4.86. The van der Waals surface area contributed by atoms with E-state index in [0.29, 0.717) is 6.42 Å². The third-order valence-corrected chi connectivity index (χ3v) is 2.22. The molecule has 0 aliphatic heterocycles. The summed E-state index contributed by atoms with van der Waals surface area (Å²) < 4.78 is 5.19. The molecule has 1 atom stereocenters. The number of benzene rings is 1. The smallest absolute Gasteiger partial charge is 0.122 e. The minimum absolute atomic E-state index is 0.150. The summed E-state index contributed by atoms with van der Waals surface area (Å²) in [6.07, 6.45) is -0.0131. The van der Waals surface area contributed by atoms with Crippen LogP contribution in [0.2, 0.25) is 0 Å². The van der Waals surface area contributed by atoms with Crippen LogP contribution in [0.3, 0.4) is 0 Å². The second-order valence-electron chi connectivity index (χ2n) is 3.54. The molecule has 0 saturated carbocycles. The van der Waals surface area contributed by atoms with Gasteiger partial charge in [0.15, 0.2) is 0 Å². The highest BCUT2D eigenvalue weighted by atomic mass is 16.5. The number of hydrogen-bond acceptors (Lipinski definition) is 3. The molecule has 3 heteroatoms. The van der Waals surface area contributed by atoms with Gasteiger partial charge in [-0.25, -0.2) is 0 Å². The molecule has 1 unspecified atom stereocenters. The van der Waals surface area contributed by atoms with Gasteiger partial charge in [0.05, 0.1) is 25.7 Å². The fraction of sp³-hybridized carbons (Fsp3) is 0.417. The molecule has 0 amide bonds. The van der Waals surface area contributed by atoms with Gasteiger partial charge < -0.3 is 9.84 Å². The summed E-state index contributed by atoms with van der Waals surface area (Å²) in [6, 6.07) is 7.76. The van der Waals surface area contributed by atoms with E-state index in [1.54, 1.807) is 7.11 Å². The molecule has 1 rings (SSSR count). The molecule has 0 heterocycles. The molecule has 1 N–H and O–H groups in total. The van der Waals surface area contributed by atoms with Crippen molar-refractivity contribution in [3.63, 3.8) is 0 Å². The van der Waals surface area contributed by atoms with E-state index < -0.39 is 6.10 Å². The van der Waals surface area contributed by atoms with E-state index >= 15 is 0 Å². The van der Waals surface area contributed by atoms with Crippen molar-refractivity contribution in [2.75, 3.05) is 7.11 Å². The summed E-state index contributed by atoms with van der Waals surface area (Å²) in [7, 11) is 1.60. The molecule has 3 nitrogen and oxygen atoms in total. The average molecular weight is 205 g/mol. The van der Waals surface area contributed by atoms with Crippen molar-refractivity contribution < 1.29 is 9.84 Å². The zero-order valence-corrected chi connectivity index (χ0v) is 9.03. The lowest BCUT2D eigenvalue weighted by Crippen LogP contribution is -2.10. The van der Waals surface area contributed by atoms with E-state index in [2.05, 4.69) is 0 Å². The van der Waals surface area contributed by atoms with Crippen LogP contribution in [0, 0.1) is 18.3 Å². The van der Waals surface area contributed by atoms with Crippen molar-refractivity contribution in [1.29, 1.82) is 5.26 Å². The highest BCUT2D eigenvalue weighted by Gasteiger charge is 2.09. The maximum absolute atomic E-state index is 9.54. The number of nitriles is 1. The maximum atomic E-state index is 9.54. The molecule has 0 bridgehead atoms. The molecule has 1 aromatic carbocycles. The zero-order chi connectivity index (χ0) is 11.3. The molecule has 0 saturated heterocycles. The average Bonchev–Trinajstić information content (AvgIpc) is 2.18. The molecule has 0 radical (unpaired) electrons. The molecule has 0 fully saturated rings. The Labute approximate surface area is 89.9 Å². The third-order valence-electron chi connectivity index (χ3n) is 2.22. The molecule has 80 valence electrons. The minimum atomic E-state index is -0.620. The normalized spacial score (nSPS) is 11.9. The van der Waals surface area contributed by atoms with Crippen molar-refractivity contribution in [3.8, 4) is 11.8 Å². The van der Waals surface area contributed by atoms with E-state index in [4.69, 9.17) is 10.00 Å². The number of aliphatic hydroxyl groups excluding tert-OH is 1. The number of methoxy groups -OCH3 is 1. The monoisotopic (exact) mass is 205 g/mol. The number of aliphatic hydroxyl groups is 1. The molecule has 15 heavy (non-hydrogen) atoms. The lowest BCUT2D eigenvalue weighted by molar-refractivity contribution is 0.179. The summed E-state index contributed by atoms with van der Waals surface area (Å²) in [5.41, 5.74) is 2.07. The van der Waals surface area contributed by atoms with Gasteiger partial charge in [0.1, 0.15) is 5.75 Å². The summed E-state index contributed by atoms with van der Waals surface area (Å²) in [5.74, 6) is 0.762. The van der Waals surface area contributed by atoms with Gasteiger partial charge in [0.2, 0.25) is 0 Å². The number of nitrogens with zero attached hydrogens (tertiary/aromatic N) is 1. The Morgan fingerprint density at radius 2 is 2.27 bits per heavy atom.